The van der Waals surface area contributed by atoms with Gasteiger partial charge in [-0.15, -0.1) is 0 Å². The third-order valence-electron chi connectivity index (χ3n) is 4.52. The molecule has 0 aromatic rings. The summed E-state index contributed by atoms with van der Waals surface area (Å²) in [6.45, 7) is 3.03. The molecule has 0 fully saturated rings. The normalized spacial score (nSPS) is 11.8. The zero-order valence-corrected chi connectivity index (χ0v) is 21.1. The topological polar surface area (TPSA) is 55.4 Å². The summed E-state index contributed by atoms with van der Waals surface area (Å²) in [6.07, 6.45) is 22.2. The second-order valence-corrected chi connectivity index (χ2v) is 8.88. The minimum Gasteiger partial charge on any atom is -1.00 e. The molecule has 0 aliphatic heterocycles. The molecule has 0 saturated carbocycles. The summed E-state index contributed by atoms with van der Waals surface area (Å²) >= 11 is 0. The van der Waals surface area contributed by atoms with Crippen LogP contribution in [0.3, 0.4) is 0 Å². The van der Waals surface area contributed by atoms with E-state index in [9.17, 15) is 8.42 Å². The van der Waals surface area contributed by atoms with Crippen LogP contribution >= 0.6 is 0 Å². The number of rotatable bonds is 20. The van der Waals surface area contributed by atoms with E-state index in [-0.39, 0.29) is 36.7 Å². The van der Waals surface area contributed by atoms with Gasteiger partial charge in [-0.05, 0) is 39.2 Å². The Morgan fingerprint density at radius 1 is 0.815 bits per heavy atom. The minimum atomic E-state index is -3.33. The van der Waals surface area contributed by atoms with Crippen molar-refractivity contribution in [1.29, 1.82) is 0 Å². The van der Waals surface area contributed by atoms with E-state index in [1.165, 1.54) is 77.0 Å². The summed E-state index contributed by atoms with van der Waals surface area (Å²) in [5.41, 5.74) is 0. The van der Waals surface area contributed by atoms with E-state index in [2.05, 4.69) is 24.4 Å². The van der Waals surface area contributed by atoms with Gasteiger partial charge in [-0.3, -0.25) is 4.18 Å². The molecule has 6 heteroatoms. The molecule has 27 heavy (non-hydrogen) atoms. The predicted molar refractivity (Wildman–Crippen MR) is 114 cm³/mol. The van der Waals surface area contributed by atoms with Crippen molar-refractivity contribution in [2.75, 3.05) is 26.0 Å². The van der Waals surface area contributed by atoms with Gasteiger partial charge in [0.25, 0.3) is 10.1 Å². The first-order chi connectivity index (χ1) is 12.6. The number of hydrogen-bond acceptors (Lipinski definition) is 4. The second kappa shape index (κ2) is 22.9. The Labute approximate surface area is 193 Å². The second-order valence-electron chi connectivity index (χ2n) is 7.13. The molecular weight excluding hydrogens is 369 g/mol. The Kier molecular flexibility index (Phi) is 25.3. The van der Waals surface area contributed by atoms with Crippen LogP contribution in [-0.2, 0) is 14.3 Å². The molecule has 0 saturated heterocycles. The van der Waals surface area contributed by atoms with Crippen molar-refractivity contribution >= 4 is 10.1 Å². The van der Waals surface area contributed by atoms with E-state index in [1.807, 2.05) is 0 Å². The SMILES string of the molecule is CCCCCCCC/C=C\CCCCCCCCOS(=O)(=O)CCNC.[H-].[Na+]. The van der Waals surface area contributed by atoms with Crippen LogP contribution in [0.5, 0.6) is 0 Å². The molecule has 0 atom stereocenters. The maximum atomic E-state index is 11.5. The molecule has 158 valence electrons. The van der Waals surface area contributed by atoms with Gasteiger partial charge in [0.05, 0.1) is 12.4 Å². The maximum Gasteiger partial charge on any atom is 1.00 e. The fraction of sp³-hybridized carbons (Fsp3) is 0.905. The number of nitrogens with one attached hydrogen (secondary N) is 1. The van der Waals surface area contributed by atoms with Gasteiger partial charge in [0.2, 0.25) is 0 Å². The van der Waals surface area contributed by atoms with Crippen molar-refractivity contribution in [2.45, 2.75) is 96.8 Å². The molecule has 0 unspecified atom stereocenters. The maximum absolute atomic E-state index is 11.5. The first-order valence-electron chi connectivity index (χ1n) is 10.8. The molecule has 0 aliphatic rings. The summed E-state index contributed by atoms with van der Waals surface area (Å²) in [5, 5.41) is 2.82. The Morgan fingerprint density at radius 2 is 1.30 bits per heavy atom. The van der Waals surface area contributed by atoms with Crippen molar-refractivity contribution in [2.24, 2.45) is 0 Å². The van der Waals surface area contributed by atoms with Crippen LogP contribution < -0.4 is 34.9 Å². The standard InChI is InChI=1S/C21H43NO3S.Na.H/c1-3-4-5-6-7-8-9-10-11-12-13-14-15-16-17-18-20-25-26(23,24)21-19-22-2;;/h10-11,22H,3-9,12-21H2,1-2H3;;/q;+1;-1/b11-10-;;. The molecule has 0 rings (SSSR count). The van der Waals surface area contributed by atoms with Gasteiger partial charge in [-0.25, -0.2) is 0 Å². The van der Waals surface area contributed by atoms with Gasteiger partial charge in [-0.1, -0.05) is 76.9 Å². The minimum absolute atomic E-state index is 0. The van der Waals surface area contributed by atoms with Crippen LogP contribution in [0, 0.1) is 0 Å². The monoisotopic (exact) mass is 413 g/mol. The summed E-state index contributed by atoms with van der Waals surface area (Å²) in [7, 11) is -1.60. The molecule has 0 aromatic heterocycles. The van der Waals surface area contributed by atoms with E-state index < -0.39 is 10.1 Å². The van der Waals surface area contributed by atoms with E-state index in [0.717, 1.165) is 12.8 Å². The summed E-state index contributed by atoms with van der Waals surface area (Å²) in [6, 6.07) is 0. The molecule has 0 aliphatic carbocycles. The fourth-order valence-electron chi connectivity index (χ4n) is 2.82. The predicted octanol–water partition coefficient (Wildman–Crippen LogP) is 2.71. The Bertz CT molecular complexity index is 420. The first-order valence-corrected chi connectivity index (χ1v) is 12.4. The Hall–Kier alpha value is 0.610. The molecule has 0 heterocycles. The third-order valence-corrected chi connectivity index (χ3v) is 5.75. The average Bonchev–Trinajstić information content (AvgIpc) is 2.62. The van der Waals surface area contributed by atoms with Crippen molar-refractivity contribution in [3.8, 4) is 0 Å². The Balaban J connectivity index is -0.00000312. The van der Waals surface area contributed by atoms with Crippen molar-refractivity contribution in [3.63, 3.8) is 0 Å². The van der Waals surface area contributed by atoms with E-state index in [0.29, 0.717) is 13.2 Å². The molecule has 0 spiro atoms. The Morgan fingerprint density at radius 3 is 1.81 bits per heavy atom. The summed E-state index contributed by atoms with van der Waals surface area (Å²) in [5.74, 6) is 0.0515. The van der Waals surface area contributed by atoms with Gasteiger partial charge < -0.3 is 6.74 Å². The molecular formula is C21H44NNaO3S. The van der Waals surface area contributed by atoms with Crippen LogP contribution in [0.15, 0.2) is 12.2 Å². The number of unbranched alkanes of at least 4 members (excludes halogenated alkanes) is 12. The van der Waals surface area contributed by atoms with Gasteiger partial charge in [0.1, 0.15) is 0 Å². The van der Waals surface area contributed by atoms with Gasteiger partial charge in [-0.2, -0.15) is 8.42 Å². The van der Waals surface area contributed by atoms with Crippen LogP contribution in [0.4, 0.5) is 0 Å². The average molecular weight is 414 g/mol. The summed E-state index contributed by atoms with van der Waals surface area (Å²) in [4.78, 5) is 0. The van der Waals surface area contributed by atoms with E-state index >= 15 is 0 Å². The van der Waals surface area contributed by atoms with Crippen molar-refractivity contribution < 1.29 is 43.6 Å². The number of allylic oxidation sites excluding steroid dienone is 2. The van der Waals surface area contributed by atoms with Crippen molar-refractivity contribution in [1.82, 2.24) is 5.32 Å². The van der Waals surface area contributed by atoms with Crippen LogP contribution in [0.2, 0.25) is 0 Å². The van der Waals surface area contributed by atoms with Gasteiger partial charge >= 0.3 is 29.6 Å². The zero-order valence-electron chi connectivity index (χ0n) is 19.3. The molecule has 0 radical (unpaired) electrons. The molecule has 0 bridgehead atoms. The quantitative estimate of drug-likeness (QED) is 0.144. The molecule has 0 aromatic carbocycles. The van der Waals surface area contributed by atoms with Crippen molar-refractivity contribution in [3.05, 3.63) is 12.2 Å². The van der Waals surface area contributed by atoms with E-state index in [1.54, 1.807) is 7.05 Å². The smallest absolute Gasteiger partial charge is 1.00 e. The fourth-order valence-corrected chi connectivity index (χ4v) is 3.77. The third kappa shape index (κ3) is 24.6. The number of hydrogen-bond donors (Lipinski definition) is 1. The van der Waals surface area contributed by atoms with Gasteiger partial charge in [0.15, 0.2) is 0 Å². The van der Waals surface area contributed by atoms with E-state index in [4.69, 9.17) is 4.18 Å². The van der Waals surface area contributed by atoms with Gasteiger partial charge in [0, 0.05) is 6.54 Å². The zero-order chi connectivity index (χ0) is 19.3. The molecule has 0 amide bonds. The van der Waals surface area contributed by atoms with Crippen LogP contribution in [0.1, 0.15) is 98.2 Å². The van der Waals surface area contributed by atoms with Crippen LogP contribution in [-0.4, -0.2) is 34.4 Å². The molecule has 1 N–H and O–H groups in total. The molecule has 4 nitrogen and oxygen atoms in total. The van der Waals surface area contributed by atoms with Crippen LogP contribution in [0.25, 0.3) is 0 Å². The summed E-state index contributed by atoms with van der Waals surface area (Å²) < 4.78 is 27.9. The largest absolute Gasteiger partial charge is 1.00 e. The first kappa shape index (κ1) is 29.8.